The fourth-order valence-electron chi connectivity index (χ4n) is 2.29. The van der Waals surface area contributed by atoms with Crippen LogP contribution in [0.1, 0.15) is 29.3 Å². The number of benzene rings is 2. The molecule has 0 fully saturated rings. The smallest absolute Gasteiger partial charge is 0.255 e. The van der Waals surface area contributed by atoms with Crippen LogP contribution in [0.2, 0.25) is 0 Å². The van der Waals surface area contributed by atoms with Crippen molar-refractivity contribution in [3.8, 4) is 5.75 Å². The number of rotatable bonds is 6. The van der Waals surface area contributed by atoms with Gasteiger partial charge in [-0.15, -0.1) is 0 Å². The summed E-state index contributed by atoms with van der Waals surface area (Å²) in [6.45, 7) is 2.08. The largest absolute Gasteiger partial charge is 0.496 e. The van der Waals surface area contributed by atoms with Gasteiger partial charge in [0.05, 0.1) is 12.7 Å². The summed E-state index contributed by atoms with van der Waals surface area (Å²) < 4.78 is 5.24. The summed E-state index contributed by atoms with van der Waals surface area (Å²) in [7, 11) is 1.58. The van der Waals surface area contributed by atoms with Crippen LogP contribution in [0, 0.1) is 0 Å². The van der Waals surface area contributed by atoms with Crippen molar-refractivity contribution in [2.24, 2.45) is 0 Å². The van der Waals surface area contributed by atoms with Crippen molar-refractivity contribution in [3.63, 3.8) is 0 Å². The molecule has 1 amide bonds. The predicted octanol–water partition coefficient (Wildman–Crippen LogP) is 3.45. The zero-order chi connectivity index (χ0) is 15.1. The fraction of sp³-hybridized carbons (Fsp3) is 0.278. The maximum Gasteiger partial charge on any atom is 0.255 e. The Labute approximate surface area is 126 Å². The van der Waals surface area contributed by atoms with E-state index in [-0.39, 0.29) is 11.9 Å². The molecule has 0 aliphatic heterocycles. The Morgan fingerprint density at radius 2 is 1.76 bits per heavy atom. The first-order valence-electron chi connectivity index (χ1n) is 7.22. The Hall–Kier alpha value is -2.29. The van der Waals surface area contributed by atoms with Gasteiger partial charge in [0.15, 0.2) is 0 Å². The molecule has 0 heterocycles. The van der Waals surface area contributed by atoms with Gasteiger partial charge in [0.25, 0.3) is 5.91 Å². The molecule has 0 saturated carbocycles. The molecule has 21 heavy (non-hydrogen) atoms. The van der Waals surface area contributed by atoms with Gasteiger partial charge in [-0.25, -0.2) is 0 Å². The second-order valence-corrected chi connectivity index (χ2v) is 4.97. The number of para-hydroxylation sites is 1. The van der Waals surface area contributed by atoms with E-state index in [1.807, 2.05) is 30.3 Å². The van der Waals surface area contributed by atoms with Gasteiger partial charge in [0, 0.05) is 6.04 Å². The molecule has 0 saturated heterocycles. The maximum atomic E-state index is 12.4. The normalized spacial score (nSPS) is 11.7. The molecule has 3 heteroatoms. The minimum Gasteiger partial charge on any atom is -0.496 e. The van der Waals surface area contributed by atoms with Crippen LogP contribution in [0.25, 0.3) is 0 Å². The van der Waals surface area contributed by atoms with E-state index in [0.29, 0.717) is 11.3 Å². The van der Waals surface area contributed by atoms with Crippen LogP contribution in [0.5, 0.6) is 5.75 Å². The quantitative estimate of drug-likeness (QED) is 0.882. The number of hydrogen-bond donors (Lipinski definition) is 1. The first kappa shape index (κ1) is 15.1. The van der Waals surface area contributed by atoms with E-state index in [1.165, 1.54) is 5.56 Å². The molecular formula is C18H21NO2. The Morgan fingerprint density at radius 1 is 1.10 bits per heavy atom. The van der Waals surface area contributed by atoms with Gasteiger partial charge in [-0.3, -0.25) is 4.79 Å². The average molecular weight is 283 g/mol. The number of hydrogen-bond acceptors (Lipinski definition) is 2. The van der Waals surface area contributed by atoms with E-state index in [4.69, 9.17) is 4.74 Å². The van der Waals surface area contributed by atoms with Crippen LogP contribution in [0.15, 0.2) is 54.6 Å². The lowest BCUT2D eigenvalue weighted by atomic mass is 10.0. The fourth-order valence-corrected chi connectivity index (χ4v) is 2.29. The minimum atomic E-state index is -0.0877. The van der Waals surface area contributed by atoms with E-state index in [1.54, 1.807) is 19.2 Å². The second-order valence-electron chi connectivity index (χ2n) is 4.97. The van der Waals surface area contributed by atoms with Crippen LogP contribution < -0.4 is 10.1 Å². The number of amides is 1. The first-order chi connectivity index (χ1) is 10.2. The number of methoxy groups -OCH3 is 1. The highest BCUT2D eigenvalue weighted by Crippen LogP contribution is 2.17. The zero-order valence-electron chi connectivity index (χ0n) is 12.5. The molecule has 0 aliphatic rings. The summed E-state index contributed by atoms with van der Waals surface area (Å²) in [4.78, 5) is 12.4. The van der Waals surface area contributed by atoms with Crippen molar-refractivity contribution in [1.29, 1.82) is 0 Å². The Balaban J connectivity index is 2.06. The first-order valence-corrected chi connectivity index (χ1v) is 7.22. The van der Waals surface area contributed by atoms with Crippen LogP contribution in [0.4, 0.5) is 0 Å². The molecule has 0 radical (unpaired) electrons. The molecular weight excluding hydrogens is 262 g/mol. The summed E-state index contributed by atoms with van der Waals surface area (Å²) in [5, 5.41) is 3.09. The molecule has 0 aromatic heterocycles. The van der Waals surface area contributed by atoms with E-state index in [2.05, 4.69) is 24.4 Å². The third kappa shape index (κ3) is 4.09. The third-order valence-electron chi connectivity index (χ3n) is 3.50. The molecule has 1 N–H and O–H groups in total. The Bertz CT molecular complexity index is 581. The highest BCUT2D eigenvalue weighted by molar-refractivity contribution is 5.97. The molecule has 1 atom stereocenters. The third-order valence-corrected chi connectivity index (χ3v) is 3.50. The molecule has 2 aromatic rings. The zero-order valence-corrected chi connectivity index (χ0v) is 12.5. The second kappa shape index (κ2) is 7.48. The summed E-state index contributed by atoms with van der Waals surface area (Å²) in [5.74, 6) is 0.514. The predicted molar refractivity (Wildman–Crippen MR) is 84.7 cm³/mol. The molecule has 0 bridgehead atoms. The monoisotopic (exact) mass is 283 g/mol. The van der Waals surface area contributed by atoms with Gasteiger partial charge in [-0.2, -0.15) is 0 Å². The maximum absolute atomic E-state index is 12.4. The van der Waals surface area contributed by atoms with Crippen molar-refractivity contribution >= 4 is 5.91 Å². The van der Waals surface area contributed by atoms with E-state index >= 15 is 0 Å². The molecule has 2 aromatic carbocycles. The van der Waals surface area contributed by atoms with Crippen molar-refractivity contribution in [2.75, 3.05) is 7.11 Å². The molecule has 2 rings (SSSR count). The minimum absolute atomic E-state index is 0.0877. The summed E-state index contributed by atoms with van der Waals surface area (Å²) in [6, 6.07) is 17.6. The van der Waals surface area contributed by atoms with Crippen LogP contribution in [0.3, 0.4) is 0 Å². The van der Waals surface area contributed by atoms with Gasteiger partial charge in [0.2, 0.25) is 0 Å². The van der Waals surface area contributed by atoms with E-state index < -0.39 is 0 Å². The topological polar surface area (TPSA) is 38.3 Å². The van der Waals surface area contributed by atoms with Crippen molar-refractivity contribution in [2.45, 2.75) is 25.8 Å². The summed E-state index contributed by atoms with van der Waals surface area (Å²) in [5.41, 5.74) is 1.80. The van der Waals surface area contributed by atoms with Crippen molar-refractivity contribution in [1.82, 2.24) is 5.32 Å². The Kier molecular flexibility index (Phi) is 5.38. The number of nitrogens with one attached hydrogen (secondary N) is 1. The van der Waals surface area contributed by atoms with Crippen molar-refractivity contribution in [3.05, 3.63) is 65.7 Å². The van der Waals surface area contributed by atoms with E-state index in [0.717, 1.165) is 12.8 Å². The molecule has 0 spiro atoms. The molecule has 0 unspecified atom stereocenters. The van der Waals surface area contributed by atoms with E-state index in [9.17, 15) is 4.79 Å². The lowest BCUT2D eigenvalue weighted by Gasteiger charge is -2.18. The SMILES string of the molecule is CC[C@@H](Cc1ccccc1)NC(=O)c1ccccc1OC. The lowest BCUT2D eigenvalue weighted by Crippen LogP contribution is -2.36. The van der Waals surface area contributed by atoms with Gasteiger partial charge in [-0.05, 0) is 30.5 Å². The van der Waals surface area contributed by atoms with Gasteiger partial charge in [0.1, 0.15) is 5.75 Å². The van der Waals surface area contributed by atoms with Gasteiger partial charge >= 0.3 is 0 Å². The average Bonchev–Trinajstić information content (AvgIpc) is 2.55. The van der Waals surface area contributed by atoms with Crippen molar-refractivity contribution < 1.29 is 9.53 Å². The van der Waals surface area contributed by atoms with Crippen LogP contribution >= 0.6 is 0 Å². The number of ether oxygens (including phenoxy) is 1. The Morgan fingerprint density at radius 3 is 2.43 bits per heavy atom. The lowest BCUT2D eigenvalue weighted by molar-refractivity contribution is 0.0933. The summed E-state index contributed by atoms with van der Waals surface area (Å²) >= 11 is 0. The molecule has 0 aliphatic carbocycles. The van der Waals surface area contributed by atoms with Gasteiger partial charge in [-0.1, -0.05) is 49.4 Å². The highest BCUT2D eigenvalue weighted by atomic mass is 16.5. The molecule has 3 nitrogen and oxygen atoms in total. The summed E-state index contributed by atoms with van der Waals surface area (Å²) in [6.07, 6.45) is 1.72. The van der Waals surface area contributed by atoms with Gasteiger partial charge < -0.3 is 10.1 Å². The standard InChI is InChI=1S/C18H21NO2/c1-3-15(13-14-9-5-4-6-10-14)19-18(20)16-11-7-8-12-17(16)21-2/h4-12,15H,3,13H2,1-2H3,(H,19,20)/t15-/m0/s1. The molecule has 110 valence electrons. The van der Waals surface area contributed by atoms with Crippen LogP contribution in [-0.2, 0) is 6.42 Å². The number of carbonyl (C=O) groups excluding carboxylic acids is 1. The highest BCUT2D eigenvalue weighted by Gasteiger charge is 2.15. The number of carbonyl (C=O) groups is 1. The van der Waals surface area contributed by atoms with Crippen LogP contribution in [-0.4, -0.2) is 19.1 Å².